The van der Waals surface area contributed by atoms with E-state index in [1.54, 1.807) is 0 Å². The Kier molecular flexibility index (Phi) is 5.53. The summed E-state index contributed by atoms with van der Waals surface area (Å²) in [5.41, 5.74) is 1.59. The maximum Gasteiger partial charge on any atom is 0.256 e. The fourth-order valence-electron chi connectivity index (χ4n) is 4.10. The van der Waals surface area contributed by atoms with Crippen molar-refractivity contribution in [2.24, 2.45) is 5.92 Å². The second kappa shape index (κ2) is 8.23. The van der Waals surface area contributed by atoms with Crippen LogP contribution in [-0.2, 0) is 0 Å². The lowest BCUT2D eigenvalue weighted by Crippen LogP contribution is -2.40. The zero-order valence-corrected chi connectivity index (χ0v) is 16.4. The summed E-state index contributed by atoms with van der Waals surface area (Å²) in [5.74, 6) is 2.11. The number of hydrogen-bond acceptors (Lipinski definition) is 4. The van der Waals surface area contributed by atoms with Gasteiger partial charge >= 0.3 is 0 Å². The average molecular weight is 380 g/mol. The molecule has 2 fully saturated rings. The molecule has 5 heteroatoms. The van der Waals surface area contributed by atoms with E-state index in [2.05, 4.69) is 11.8 Å². The molecule has 4 rings (SSSR count). The number of ether oxygens (including phenoxy) is 1. The predicted octanol–water partition coefficient (Wildman–Crippen LogP) is 3.92. The normalized spacial score (nSPS) is 20.4. The molecule has 2 saturated heterocycles. The first-order chi connectivity index (χ1) is 13.6. The highest BCUT2D eigenvalue weighted by atomic mass is 16.5. The topological polar surface area (TPSA) is 53.0 Å². The van der Waals surface area contributed by atoms with Crippen molar-refractivity contribution in [2.45, 2.75) is 32.3 Å². The van der Waals surface area contributed by atoms with Crippen molar-refractivity contribution in [3.8, 4) is 11.5 Å². The van der Waals surface area contributed by atoms with Crippen LogP contribution in [0.15, 0.2) is 48.5 Å². The molecule has 0 aliphatic carbocycles. The van der Waals surface area contributed by atoms with Gasteiger partial charge in [0, 0.05) is 26.2 Å². The molecule has 28 heavy (non-hydrogen) atoms. The highest BCUT2D eigenvalue weighted by molar-refractivity contribution is 6.01. The van der Waals surface area contributed by atoms with Gasteiger partial charge in [0.2, 0.25) is 0 Å². The highest BCUT2D eigenvalue weighted by Crippen LogP contribution is 2.39. The maximum atomic E-state index is 13.3. The first-order valence-electron chi connectivity index (χ1n) is 10.2. The summed E-state index contributed by atoms with van der Waals surface area (Å²) in [7, 11) is 0. The summed E-state index contributed by atoms with van der Waals surface area (Å²) >= 11 is 0. The first kappa shape index (κ1) is 18.8. The molecule has 0 bridgehead atoms. The number of amides is 1. The molecule has 2 aromatic carbocycles. The second-order valence-corrected chi connectivity index (χ2v) is 7.93. The number of aliphatic hydroxyl groups excluding tert-OH is 1. The van der Waals surface area contributed by atoms with Crippen LogP contribution in [0, 0.1) is 5.92 Å². The molecule has 0 saturated carbocycles. The smallest absolute Gasteiger partial charge is 0.256 e. The van der Waals surface area contributed by atoms with Gasteiger partial charge in [0.05, 0.1) is 17.4 Å². The van der Waals surface area contributed by atoms with Crippen LogP contribution in [0.4, 0.5) is 5.69 Å². The molecule has 2 aromatic rings. The third kappa shape index (κ3) is 3.99. The Bertz CT molecular complexity index is 816. The first-order valence-corrected chi connectivity index (χ1v) is 10.2. The molecule has 0 aromatic heterocycles. The number of rotatable bonds is 4. The van der Waals surface area contributed by atoms with Crippen LogP contribution < -0.4 is 9.64 Å². The van der Waals surface area contributed by atoms with E-state index in [0.29, 0.717) is 37.4 Å². The number of nitrogens with zero attached hydrogens (tertiary/aromatic N) is 2. The van der Waals surface area contributed by atoms with Gasteiger partial charge in [-0.05, 0) is 49.4 Å². The van der Waals surface area contributed by atoms with E-state index < -0.39 is 0 Å². The van der Waals surface area contributed by atoms with Crippen molar-refractivity contribution in [1.82, 2.24) is 4.90 Å². The molecular weight excluding hydrogens is 352 g/mol. The molecule has 1 unspecified atom stereocenters. The van der Waals surface area contributed by atoms with Crippen molar-refractivity contribution < 1.29 is 14.6 Å². The Morgan fingerprint density at radius 2 is 1.75 bits per heavy atom. The summed E-state index contributed by atoms with van der Waals surface area (Å²) in [5, 5.41) is 9.78. The van der Waals surface area contributed by atoms with E-state index in [0.717, 1.165) is 36.7 Å². The van der Waals surface area contributed by atoms with E-state index in [1.165, 1.54) is 0 Å². The number of carbonyl (C=O) groups is 1. The Labute approximate surface area is 166 Å². The summed E-state index contributed by atoms with van der Waals surface area (Å²) < 4.78 is 6.20. The lowest BCUT2D eigenvalue weighted by atomic mass is 10.0. The van der Waals surface area contributed by atoms with E-state index in [4.69, 9.17) is 4.74 Å². The molecule has 2 aliphatic heterocycles. The van der Waals surface area contributed by atoms with E-state index in [9.17, 15) is 9.90 Å². The number of carbonyl (C=O) groups excluding carboxylic acids is 1. The summed E-state index contributed by atoms with van der Waals surface area (Å²) in [4.78, 5) is 17.5. The van der Waals surface area contributed by atoms with Gasteiger partial charge in [-0.2, -0.15) is 0 Å². The molecular formula is C23H28N2O3. The molecule has 2 heterocycles. The number of hydrogen-bond donors (Lipinski definition) is 1. The maximum absolute atomic E-state index is 13.3. The van der Waals surface area contributed by atoms with Crippen LogP contribution in [0.25, 0.3) is 0 Å². The van der Waals surface area contributed by atoms with Crippen molar-refractivity contribution in [1.29, 1.82) is 0 Å². The zero-order chi connectivity index (χ0) is 19.5. The Balaban J connectivity index is 1.68. The molecule has 148 valence electrons. The van der Waals surface area contributed by atoms with Crippen molar-refractivity contribution >= 4 is 11.6 Å². The lowest BCUT2D eigenvalue weighted by molar-refractivity contribution is 0.0547. The Hall–Kier alpha value is -2.53. The fourth-order valence-corrected chi connectivity index (χ4v) is 4.10. The van der Waals surface area contributed by atoms with Crippen LogP contribution in [0.5, 0.6) is 11.5 Å². The number of aliphatic hydroxyl groups is 1. The molecule has 2 aliphatic rings. The van der Waals surface area contributed by atoms with Gasteiger partial charge in [0.25, 0.3) is 5.91 Å². The van der Waals surface area contributed by atoms with Crippen LogP contribution in [0.2, 0.25) is 0 Å². The number of likely N-dealkylation sites (tertiary alicyclic amines) is 1. The molecule has 0 radical (unpaired) electrons. The van der Waals surface area contributed by atoms with Crippen molar-refractivity contribution in [3.05, 3.63) is 54.1 Å². The predicted molar refractivity (Wildman–Crippen MR) is 110 cm³/mol. The molecule has 5 nitrogen and oxygen atoms in total. The minimum atomic E-state index is -0.296. The van der Waals surface area contributed by atoms with Crippen molar-refractivity contribution in [3.63, 3.8) is 0 Å². The number of para-hydroxylation sites is 2. The van der Waals surface area contributed by atoms with Crippen LogP contribution in [0.3, 0.4) is 0 Å². The van der Waals surface area contributed by atoms with Gasteiger partial charge in [-0.15, -0.1) is 0 Å². The minimum Gasteiger partial charge on any atom is -0.455 e. The molecule has 0 spiro atoms. The SMILES string of the molecule is CC1CCN(c2c(Oc3ccccc3)cccc2C(=O)N2CCC(O)CC2)C1. The van der Waals surface area contributed by atoms with E-state index >= 15 is 0 Å². The number of anilines is 1. The van der Waals surface area contributed by atoms with Gasteiger partial charge < -0.3 is 19.6 Å². The third-order valence-corrected chi connectivity index (χ3v) is 5.69. The number of piperidine rings is 1. The number of benzene rings is 2. The van der Waals surface area contributed by atoms with Crippen LogP contribution in [0.1, 0.15) is 36.5 Å². The molecule has 1 amide bonds. The van der Waals surface area contributed by atoms with Crippen molar-refractivity contribution in [2.75, 3.05) is 31.1 Å². The van der Waals surface area contributed by atoms with Crippen LogP contribution >= 0.6 is 0 Å². The van der Waals surface area contributed by atoms with Gasteiger partial charge in [0.1, 0.15) is 5.75 Å². The van der Waals surface area contributed by atoms with Gasteiger partial charge in [-0.1, -0.05) is 31.2 Å². The standard InChI is InChI=1S/C23H28N2O3/c1-17-10-13-25(16-17)22-20(23(27)24-14-11-18(26)12-15-24)8-5-9-21(22)28-19-6-3-2-4-7-19/h2-9,17-18,26H,10-16H2,1H3. The Morgan fingerprint density at radius 3 is 2.43 bits per heavy atom. The second-order valence-electron chi connectivity index (χ2n) is 7.93. The Morgan fingerprint density at radius 1 is 1.00 bits per heavy atom. The quantitative estimate of drug-likeness (QED) is 0.873. The van der Waals surface area contributed by atoms with Gasteiger partial charge in [-0.25, -0.2) is 0 Å². The summed E-state index contributed by atoms with van der Waals surface area (Å²) in [6.45, 7) is 5.29. The summed E-state index contributed by atoms with van der Waals surface area (Å²) in [6, 6.07) is 15.5. The highest BCUT2D eigenvalue weighted by Gasteiger charge is 2.30. The average Bonchev–Trinajstić information content (AvgIpc) is 3.14. The zero-order valence-electron chi connectivity index (χ0n) is 16.4. The fraction of sp³-hybridized carbons (Fsp3) is 0.435. The lowest BCUT2D eigenvalue weighted by Gasteiger charge is -2.32. The van der Waals surface area contributed by atoms with Crippen LogP contribution in [-0.4, -0.2) is 48.2 Å². The molecule has 1 N–H and O–H groups in total. The monoisotopic (exact) mass is 380 g/mol. The van der Waals surface area contributed by atoms with E-state index in [-0.39, 0.29) is 12.0 Å². The van der Waals surface area contributed by atoms with E-state index in [1.807, 2.05) is 53.4 Å². The third-order valence-electron chi connectivity index (χ3n) is 5.69. The van der Waals surface area contributed by atoms with Gasteiger partial charge in [-0.3, -0.25) is 4.79 Å². The minimum absolute atomic E-state index is 0.0277. The molecule has 1 atom stereocenters. The largest absolute Gasteiger partial charge is 0.455 e. The van der Waals surface area contributed by atoms with Gasteiger partial charge in [0.15, 0.2) is 5.75 Å². The summed E-state index contributed by atoms with van der Waals surface area (Å²) in [6.07, 6.45) is 2.10.